The Morgan fingerprint density at radius 1 is 1.20 bits per heavy atom. The normalized spacial score (nSPS) is 10.9. The van der Waals surface area contributed by atoms with E-state index in [2.05, 4.69) is 4.98 Å². The van der Waals surface area contributed by atoms with Crippen LogP contribution in [0.3, 0.4) is 0 Å². The van der Waals surface area contributed by atoms with E-state index in [1.54, 1.807) is 24.3 Å². The van der Waals surface area contributed by atoms with E-state index in [0.717, 1.165) is 0 Å². The summed E-state index contributed by atoms with van der Waals surface area (Å²) in [4.78, 5) is 15.0. The first-order valence-electron chi connectivity index (χ1n) is 5.96. The van der Waals surface area contributed by atoms with Crippen LogP contribution in [0.2, 0.25) is 0 Å². The summed E-state index contributed by atoms with van der Waals surface area (Å²) in [6.07, 6.45) is 0. The molecule has 1 heterocycles. The van der Waals surface area contributed by atoms with Gasteiger partial charge < -0.3 is 9.52 Å². The molecule has 4 nitrogen and oxygen atoms in total. The smallest absolute Gasteiger partial charge is 0.358 e. The number of carboxylic acid groups (broad SMARTS) is 1. The first-order valence-corrected chi connectivity index (χ1v) is 5.96. The number of fused-ring (bicyclic) bond motifs is 1. The van der Waals surface area contributed by atoms with E-state index in [0.29, 0.717) is 16.3 Å². The molecule has 0 bridgehead atoms. The molecule has 1 aromatic heterocycles. The molecule has 0 radical (unpaired) electrons. The number of oxazole rings is 1. The Hall–Kier alpha value is -2.69. The van der Waals surface area contributed by atoms with Crippen LogP contribution in [0.1, 0.15) is 16.2 Å². The lowest BCUT2D eigenvalue weighted by Gasteiger charge is -2.03. The zero-order chi connectivity index (χ0) is 14.3. The van der Waals surface area contributed by atoms with Crippen molar-refractivity contribution in [3.05, 3.63) is 53.7 Å². The summed E-state index contributed by atoms with van der Waals surface area (Å²) >= 11 is 0. The van der Waals surface area contributed by atoms with E-state index >= 15 is 0 Å². The maximum Gasteiger partial charge on any atom is 0.358 e. The Morgan fingerprint density at radius 3 is 2.55 bits per heavy atom. The van der Waals surface area contributed by atoms with Gasteiger partial charge in [0.25, 0.3) is 0 Å². The van der Waals surface area contributed by atoms with E-state index in [1.807, 2.05) is 0 Å². The molecular weight excluding hydrogens is 261 g/mol. The van der Waals surface area contributed by atoms with Crippen molar-refractivity contribution < 1.29 is 18.7 Å². The Bertz CT molecular complexity index is 823. The highest BCUT2D eigenvalue weighted by Gasteiger charge is 2.18. The first kappa shape index (κ1) is 12.3. The minimum absolute atomic E-state index is 0.131. The fourth-order valence-electron chi connectivity index (χ4n) is 2.16. The van der Waals surface area contributed by atoms with Crippen molar-refractivity contribution in [2.45, 2.75) is 6.92 Å². The Balaban J connectivity index is 2.28. The quantitative estimate of drug-likeness (QED) is 0.772. The number of aromatic nitrogens is 1. The van der Waals surface area contributed by atoms with Crippen molar-refractivity contribution in [2.24, 2.45) is 0 Å². The van der Waals surface area contributed by atoms with Gasteiger partial charge in [-0.2, -0.15) is 0 Å². The third kappa shape index (κ3) is 1.84. The van der Waals surface area contributed by atoms with E-state index in [-0.39, 0.29) is 23.2 Å². The second-order valence-corrected chi connectivity index (χ2v) is 4.37. The molecule has 5 heteroatoms. The summed E-state index contributed by atoms with van der Waals surface area (Å²) in [7, 11) is 0. The predicted octanol–water partition coefficient (Wildman–Crippen LogP) is 3.64. The van der Waals surface area contributed by atoms with E-state index in [1.165, 1.54) is 19.1 Å². The van der Waals surface area contributed by atoms with Crippen molar-refractivity contribution in [3.8, 4) is 11.5 Å². The number of carbonyl (C=O) groups is 1. The lowest BCUT2D eigenvalue weighted by Crippen LogP contribution is -1.98. The SMILES string of the molecule is Cc1oc(-c2ccc(F)c3ccccc23)nc1C(=O)O. The van der Waals surface area contributed by atoms with Crippen molar-refractivity contribution in [3.63, 3.8) is 0 Å². The van der Waals surface area contributed by atoms with Gasteiger partial charge in [0.15, 0.2) is 5.69 Å². The first-order chi connectivity index (χ1) is 9.58. The topological polar surface area (TPSA) is 63.3 Å². The third-order valence-corrected chi connectivity index (χ3v) is 3.10. The van der Waals surface area contributed by atoms with Gasteiger partial charge in [0.2, 0.25) is 5.89 Å². The number of aryl methyl sites for hydroxylation is 1. The predicted molar refractivity (Wildman–Crippen MR) is 71.1 cm³/mol. The molecule has 3 aromatic rings. The maximum atomic E-state index is 13.7. The maximum absolute atomic E-state index is 13.7. The van der Waals surface area contributed by atoms with Crippen LogP contribution in [-0.4, -0.2) is 16.1 Å². The van der Waals surface area contributed by atoms with Gasteiger partial charge in [0, 0.05) is 10.9 Å². The van der Waals surface area contributed by atoms with Gasteiger partial charge in [-0.3, -0.25) is 0 Å². The molecule has 0 unspecified atom stereocenters. The fourth-order valence-corrected chi connectivity index (χ4v) is 2.16. The highest BCUT2D eigenvalue weighted by molar-refractivity contribution is 5.96. The molecule has 20 heavy (non-hydrogen) atoms. The number of benzene rings is 2. The third-order valence-electron chi connectivity index (χ3n) is 3.10. The van der Waals surface area contributed by atoms with E-state index in [4.69, 9.17) is 9.52 Å². The fraction of sp³-hybridized carbons (Fsp3) is 0.0667. The molecule has 0 aliphatic heterocycles. The zero-order valence-electron chi connectivity index (χ0n) is 10.6. The molecule has 2 aromatic carbocycles. The number of nitrogens with zero attached hydrogens (tertiary/aromatic N) is 1. The van der Waals surface area contributed by atoms with Gasteiger partial charge >= 0.3 is 5.97 Å². The number of aromatic carboxylic acids is 1. The molecule has 0 aliphatic rings. The second-order valence-electron chi connectivity index (χ2n) is 4.37. The lowest BCUT2D eigenvalue weighted by molar-refractivity contribution is 0.0689. The van der Waals surface area contributed by atoms with Crippen LogP contribution in [0.25, 0.3) is 22.2 Å². The highest BCUT2D eigenvalue weighted by atomic mass is 19.1. The van der Waals surface area contributed by atoms with Gasteiger partial charge in [0.1, 0.15) is 11.6 Å². The molecular formula is C15H10FNO3. The second kappa shape index (κ2) is 4.45. The van der Waals surface area contributed by atoms with Crippen LogP contribution < -0.4 is 0 Å². The summed E-state index contributed by atoms with van der Waals surface area (Å²) in [5.74, 6) is -1.09. The van der Waals surface area contributed by atoms with Crippen molar-refractivity contribution in [2.75, 3.05) is 0 Å². The number of hydrogen-bond donors (Lipinski definition) is 1. The molecule has 0 amide bonds. The largest absolute Gasteiger partial charge is 0.476 e. The summed E-state index contributed by atoms with van der Waals surface area (Å²) in [5.41, 5.74) is 0.436. The molecule has 0 aliphatic carbocycles. The van der Waals surface area contributed by atoms with E-state index in [9.17, 15) is 9.18 Å². The van der Waals surface area contributed by atoms with Crippen LogP contribution in [0, 0.1) is 12.7 Å². The standard InChI is InChI=1S/C15H10FNO3/c1-8-13(15(18)19)17-14(20-8)11-6-7-12(16)10-5-3-2-4-9(10)11/h2-7H,1H3,(H,18,19). The number of carboxylic acids is 1. The Kier molecular flexibility index (Phi) is 2.75. The van der Waals surface area contributed by atoms with Gasteiger partial charge in [-0.15, -0.1) is 0 Å². The van der Waals surface area contributed by atoms with Gasteiger partial charge in [0.05, 0.1) is 0 Å². The summed E-state index contributed by atoms with van der Waals surface area (Å²) in [6.45, 7) is 1.53. The molecule has 0 fully saturated rings. The van der Waals surface area contributed by atoms with E-state index < -0.39 is 5.97 Å². The minimum atomic E-state index is -1.15. The van der Waals surface area contributed by atoms with Crippen molar-refractivity contribution in [1.29, 1.82) is 0 Å². The van der Waals surface area contributed by atoms with Crippen LogP contribution in [0.15, 0.2) is 40.8 Å². The number of halogens is 1. The Labute approximate surface area is 113 Å². The van der Waals surface area contributed by atoms with Gasteiger partial charge in [-0.1, -0.05) is 24.3 Å². The van der Waals surface area contributed by atoms with Crippen molar-refractivity contribution in [1.82, 2.24) is 4.98 Å². The summed E-state index contributed by atoms with van der Waals surface area (Å²) < 4.78 is 19.1. The number of hydrogen-bond acceptors (Lipinski definition) is 3. The summed E-state index contributed by atoms with van der Waals surface area (Å²) in [6, 6.07) is 9.76. The molecule has 0 atom stereocenters. The zero-order valence-corrected chi connectivity index (χ0v) is 10.6. The monoisotopic (exact) mass is 271 g/mol. The van der Waals surface area contributed by atoms with Crippen LogP contribution in [0.4, 0.5) is 4.39 Å². The molecule has 0 saturated heterocycles. The molecule has 1 N–H and O–H groups in total. The van der Waals surface area contributed by atoms with Crippen LogP contribution in [-0.2, 0) is 0 Å². The highest BCUT2D eigenvalue weighted by Crippen LogP contribution is 2.30. The molecule has 0 spiro atoms. The minimum Gasteiger partial charge on any atom is -0.476 e. The molecule has 3 rings (SSSR count). The summed E-state index contributed by atoms with van der Waals surface area (Å²) in [5, 5.41) is 10.1. The average Bonchev–Trinajstić information content (AvgIpc) is 2.81. The van der Waals surface area contributed by atoms with Crippen LogP contribution in [0.5, 0.6) is 0 Å². The van der Waals surface area contributed by atoms with Crippen molar-refractivity contribution >= 4 is 16.7 Å². The molecule has 0 saturated carbocycles. The Morgan fingerprint density at radius 2 is 1.90 bits per heavy atom. The van der Waals surface area contributed by atoms with Gasteiger partial charge in [-0.05, 0) is 24.4 Å². The molecule has 100 valence electrons. The van der Waals surface area contributed by atoms with Gasteiger partial charge in [-0.25, -0.2) is 14.2 Å². The lowest BCUT2D eigenvalue weighted by atomic mass is 10.0. The average molecular weight is 271 g/mol. The number of rotatable bonds is 2. The van der Waals surface area contributed by atoms with Crippen LogP contribution >= 0.6 is 0 Å².